The standard InChI is InChI=1S/C21H33N3O2/c1-16(2)10-12-22-20(26)24-13-5-11-21(4,15-24)19(25)23-14-18-8-6-17(3)7-9-18/h6-9,16H,5,10-15H2,1-4H3,(H,22,26)(H,23,25). The summed E-state index contributed by atoms with van der Waals surface area (Å²) in [5.41, 5.74) is 1.77. The maximum atomic E-state index is 12.8. The smallest absolute Gasteiger partial charge is 0.317 e. The first-order valence-corrected chi connectivity index (χ1v) is 9.67. The van der Waals surface area contributed by atoms with E-state index in [4.69, 9.17) is 0 Å². The number of hydrogen-bond donors (Lipinski definition) is 2. The van der Waals surface area contributed by atoms with Gasteiger partial charge in [0.25, 0.3) is 0 Å². The molecular weight excluding hydrogens is 326 g/mol. The number of piperidine rings is 1. The lowest BCUT2D eigenvalue weighted by Crippen LogP contribution is -2.54. The van der Waals surface area contributed by atoms with Crippen molar-refractivity contribution in [2.45, 2.75) is 53.5 Å². The minimum Gasteiger partial charge on any atom is -0.351 e. The van der Waals surface area contributed by atoms with E-state index in [0.29, 0.717) is 32.1 Å². The Morgan fingerprint density at radius 2 is 1.88 bits per heavy atom. The lowest BCUT2D eigenvalue weighted by Gasteiger charge is -2.39. The number of nitrogens with one attached hydrogen (secondary N) is 2. The molecule has 0 radical (unpaired) electrons. The van der Waals surface area contributed by atoms with Gasteiger partial charge in [-0.3, -0.25) is 4.79 Å². The Bertz CT molecular complexity index is 612. The molecule has 1 fully saturated rings. The molecule has 1 atom stereocenters. The molecule has 5 heteroatoms. The Labute approximate surface area is 157 Å². The molecule has 3 amide bonds. The van der Waals surface area contributed by atoms with E-state index in [0.717, 1.165) is 24.8 Å². The van der Waals surface area contributed by atoms with Crippen LogP contribution in [0.15, 0.2) is 24.3 Å². The van der Waals surface area contributed by atoms with Crippen molar-refractivity contribution in [3.63, 3.8) is 0 Å². The number of hydrogen-bond acceptors (Lipinski definition) is 2. The van der Waals surface area contributed by atoms with Gasteiger partial charge in [0.1, 0.15) is 0 Å². The van der Waals surface area contributed by atoms with Crippen LogP contribution in [-0.4, -0.2) is 36.5 Å². The van der Waals surface area contributed by atoms with E-state index >= 15 is 0 Å². The molecule has 1 unspecified atom stereocenters. The lowest BCUT2D eigenvalue weighted by molar-refractivity contribution is -0.132. The van der Waals surface area contributed by atoms with Crippen LogP contribution in [-0.2, 0) is 11.3 Å². The minimum absolute atomic E-state index is 0.0257. The largest absolute Gasteiger partial charge is 0.351 e. The van der Waals surface area contributed by atoms with E-state index in [2.05, 4.69) is 24.5 Å². The van der Waals surface area contributed by atoms with Gasteiger partial charge in [-0.15, -0.1) is 0 Å². The molecule has 0 spiro atoms. The predicted octanol–water partition coefficient (Wildman–Crippen LogP) is 3.47. The number of urea groups is 1. The fourth-order valence-corrected chi connectivity index (χ4v) is 3.28. The summed E-state index contributed by atoms with van der Waals surface area (Å²) in [6.07, 6.45) is 2.63. The van der Waals surface area contributed by atoms with E-state index in [-0.39, 0.29) is 11.9 Å². The Hall–Kier alpha value is -2.04. The lowest BCUT2D eigenvalue weighted by atomic mass is 9.81. The Kier molecular flexibility index (Phi) is 7.06. The fraction of sp³-hybridized carbons (Fsp3) is 0.619. The zero-order chi connectivity index (χ0) is 19.2. The second-order valence-corrected chi connectivity index (χ2v) is 8.17. The van der Waals surface area contributed by atoms with E-state index in [1.54, 1.807) is 4.90 Å². The van der Waals surface area contributed by atoms with Crippen molar-refractivity contribution in [1.82, 2.24) is 15.5 Å². The number of amides is 3. The maximum absolute atomic E-state index is 12.8. The molecule has 1 aliphatic heterocycles. The SMILES string of the molecule is Cc1ccc(CNC(=O)C2(C)CCCN(C(=O)NCCC(C)C)C2)cc1. The van der Waals surface area contributed by atoms with Gasteiger partial charge in [-0.1, -0.05) is 43.7 Å². The first-order valence-electron chi connectivity index (χ1n) is 9.67. The van der Waals surface area contributed by atoms with Gasteiger partial charge in [0.15, 0.2) is 0 Å². The third-order valence-corrected chi connectivity index (χ3v) is 5.10. The van der Waals surface area contributed by atoms with Crippen LogP contribution in [0.5, 0.6) is 0 Å². The monoisotopic (exact) mass is 359 g/mol. The molecule has 0 aromatic heterocycles. The number of carbonyl (C=O) groups is 2. The predicted molar refractivity (Wildman–Crippen MR) is 105 cm³/mol. The number of aryl methyl sites for hydroxylation is 1. The topological polar surface area (TPSA) is 61.4 Å². The summed E-state index contributed by atoms with van der Waals surface area (Å²) in [4.78, 5) is 26.9. The summed E-state index contributed by atoms with van der Waals surface area (Å²) in [5, 5.41) is 6.03. The van der Waals surface area contributed by atoms with Gasteiger partial charge in [-0.25, -0.2) is 4.79 Å². The second kappa shape index (κ2) is 9.06. The molecule has 1 aromatic rings. The van der Waals surface area contributed by atoms with Crippen LogP contribution in [0, 0.1) is 18.3 Å². The van der Waals surface area contributed by atoms with Gasteiger partial charge in [-0.05, 0) is 44.6 Å². The first-order chi connectivity index (χ1) is 12.3. The van der Waals surface area contributed by atoms with Crippen molar-refractivity contribution in [3.05, 3.63) is 35.4 Å². The van der Waals surface area contributed by atoms with Crippen LogP contribution in [0.2, 0.25) is 0 Å². The Morgan fingerprint density at radius 1 is 1.19 bits per heavy atom. The van der Waals surface area contributed by atoms with Gasteiger partial charge in [0, 0.05) is 26.2 Å². The molecule has 0 bridgehead atoms. The highest BCUT2D eigenvalue weighted by atomic mass is 16.2. The van der Waals surface area contributed by atoms with Crippen LogP contribution in [0.25, 0.3) is 0 Å². The maximum Gasteiger partial charge on any atom is 0.317 e. The van der Waals surface area contributed by atoms with Crippen LogP contribution in [0.4, 0.5) is 4.79 Å². The number of nitrogens with zero attached hydrogens (tertiary/aromatic N) is 1. The molecule has 0 aliphatic carbocycles. The van der Waals surface area contributed by atoms with Crippen LogP contribution < -0.4 is 10.6 Å². The van der Waals surface area contributed by atoms with Crippen molar-refractivity contribution < 1.29 is 9.59 Å². The fourth-order valence-electron chi connectivity index (χ4n) is 3.28. The van der Waals surface area contributed by atoms with E-state index < -0.39 is 5.41 Å². The van der Waals surface area contributed by atoms with E-state index in [1.165, 1.54) is 5.56 Å². The number of carbonyl (C=O) groups excluding carboxylic acids is 2. The zero-order valence-electron chi connectivity index (χ0n) is 16.6. The summed E-state index contributed by atoms with van der Waals surface area (Å²) in [6, 6.07) is 8.11. The number of rotatable bonds is 6. The Balaban J connectivity index is 1.87. The highest BCUT2D eigenvalue weighted by molar-refractivity contribution is 5.84. The molecule has 2 rings (SSSR count). The van der Waals surface area contributed by atoms with Crippen molar-refractivity contribution in [2.75, 3.05) is 19.6 Å². The molecular formula is C21H33N3O2. The van der Waals surface area contributed by atoms with Gasteiger partial charge < -0.3 is 15.5 Å². The van der Waals surface area contributed by atoms with Crippen molar-refractivity contribution in [1.29, 1.82) is 0 Å². The average Bonchev–Trinajstić information content (AvgIpc) is 2.60. The molecule has 0 saturated carbocycles. The number of likely N-dealkylation sites (tertiary alicyclic amines) is 1. The van der Waals surface area contributed by atoms with Crippen LogP contribution in [0.1, 0.15) is 51.2 Å². The average molecular weight is 360 g/mol. The summed E-state index contributed by atoms with van der Waals surface area (Å²) >= 11 is 0. The highest BCUT2D eigenvalue weighted by Gasteiger charge is 2.39. The normalized spacial score (nSPS) is 20.1. The molecule has 1 heterocycles. The molecule has 144 valence electrons. The van der Waals surface area contributed by atoms with Gasteiger partial charge in [-0.2, -0.15) is 0 Å². The summed E-state index contributed by atoms with van der Waals surface area (Å²) in [6.45, 7) is 10.7. The van der Waals surface area contributed by atoms with Crippen LogP contribution >= 0.6 is 0 Å². The summed E-state index contributed by atoms with van der Waals surface area (Å²) in [5.74, 6) is 0.590. The first kappa shape index (κ1) is 20.3. The van der Waals surface area contributed by atoms with Crippen molar-refractivity contribution in [3.8, 4) is 0 Å². The molecule has 1 aromatic carbocycles. The van der Waals surface area contributed by atoms with Gasteiger partial charge >= 0.3 is 6.03 Å². The summed E-state index contributed by atoms with van der Waals surface area (Å²) < 4.78 is 0. The van der Waals surface area contributed by atoms with E-state index in [9.17, 15) is 9.59 Å². The Morgan fingerprint density at radius 3 is 2.54 bits per heavy atom. The summed E-state index contributed by atoms with van der Waals surface area (Å²) in [7, 11) is 0. The van der Waals surface area contributed by atoms with Crippen molar-refractivity contribution >= 4 is 11.9 Å². The number of benzene rings is 1. The zero-order valence-corrected chi connectivity index (χ0v) is 16.6. The third kappa shape index (κ3) is 5.75. The van der Waals surface area contributed by atoms with Crippen molar-refractivity contribution in [2.24, 2.45) is 11.3 Å². The third-order valence-electron chi connectivity index (χ3n) is 5.10. The second-order valence-electron chi connectivity index (χ2n) is 8.17. The van der Waals surface area contributed by atoms with Gasteiger partial charge in [0.2, 0.25) is 5.91 Å². The molecule has 26 heavy (non-hydrogen) atoms. The molecule has 5 nitrogen and oxygen atoms in total. The van der Waals surface area contributed by atoms with Crippen LogP contribution in [0.3, 0.4) is 0 Å². The van der Waals surface area contributed by atoms with E-state index in [1.807, 2.05) is 38.1 Å². The molecule has 1 saturated heterocycles. The van der Waals surface area contributed by atoms with Gasteiger partial charge in [0.05, 0.1) is 5.41 Å². The quantitative estimate of drug-likeness (QED) is 0.817. The minimum atomic E-state index is -0.529. The highest BCUT2D eigenvalue weighted by Crippen LogP contribution is 2.30. The molecule has 2 N–H and O–H groups in total. The molecule has 1 aliphatic rings.